The molecule has 0 aliphatic heterocycles. The zero-order chi connectivity index (χ0) is 13.9. The van der Waals surface area contributed by atoms with Gasteiger partial charge in [0.2, 0.25) is 0 Å². The summed E-state index contributed by atoms with van der Waals surface area (Å²) in [6.07, 6.45) is 2.07. The number of halogens is 1. The number of ether oxygens (including phenoxy) is 1. The minimum atomic E-state index is 0.867. The fraction of sp³-hybridized carbons (Fsp3) is 0.0588. The largest absolute Gasteiger partial charge is 0.497 e. The number of methoxy groups -OCH3 is 1. The Morgan fingerprint density at radius 2 is 1.60 bits per heavy atom. The number of hydrogen-bond donors (Lipinski definition) is 0. The zero-order valence-electron chi connectivity index (χ0n) is 11.1. The van der Waals surface area contributed by atoms with E-state index in [1.165, 1.54) is 11.3 Å². The average molecular weight is 328 g/mol. The molecule has 0 N–H and O–H groups in total. The Labute approximate surface area is 126 Å². The van der Waals surface area contributed by atoms with Gasteiger partial charge in [-0.3, -0.25) is 0 Å². The normalized spacial score (nSPS) is 10.5. The maximum absolute atomic E-state index is 5.20. The lowest BCUT2D eigenvalue weighted by Gasteiger charge is -2.10. The molecule has 1 aromatic heterocycles. The van der Waals surface area contributed by atoms with Crippen LogP contribution in [-0.2, 0) is 0 Å². The highest BCUT2D eigenvalue weighted by atomic mass is 79.9. The van der Waals surface area contributed by atoms with Crippen LogP contribution in [0.1, 0.15) is 0 Å². The Bertz CT molecular complexity index is 699. The van der Waals surface area contributed by atoms with Crippen molar-refractivity contribution in [1.29, 1.82) is 0 Å². The predicted octanol–water partition coefficient (Wildman–Crippen LogP) is 4.92. The highest BCUT2D eigenvalue weighted by Crippen LogP contribution is 2.26. The topological polar surface area (TPSA) is 14.2 Å². The predicted molar refractivity (Wildman–Crippen MR) is 85.5 cm³/mol. The molecule has 0 saturated carbocycles. The molecule has 0 saturated heterocycles. The third kappa shape index (κ3) is 2.49. The first kappa shape index (κ1) is 13.0. The van der Waals surface area contributed by atoms with Crippen molar-refractivity contribution in [1.82, 2.24) is 4.57 Å². The van der Waals surface area contributed by atoms with E-state index in [-0.39, 0.29) is 0 Å². The molecule has 100 valence electrons. The van der Waals surface area contributed by atoms with E-state index < -0.39 is 0 Å². The summed E-state index contributed by atoms with van der Waals surface area (Å²) in [7, 11) is 1.68. The number of hydrogen-bond acceptors (Lipinski definition) is 1. The zero-order valence-corrected chi connectivity index (χ0v) is 12.7. The summed E-state index contributed by atoms with van der Waals surface area (Å²) in [5.74, 6) is 0.867. The van der Waals surface area contributed by atoms with Crippen LogP contribution in [0, 0.1) is 0 Å². The summed E-state index contributed by atoms with van der Waals surface area (Å²) in [6.45, 7) is 0. The van der Waals surface area contributed by atoms with Crippen molar-refractivity contribution in [3.05, 3.63) is 71.3 Å². The van der Waals surface area contributed by atoms with Gasteiger partial charge in [-0.25, -0.2) is 0 Å². The highest BCUT2D eigenvalue weighted by Gasteiger charge is 2.06. The van der Waals surface area contributed by atoms with Gasteiger partial charge in [0.1, 0.15) is 5.75 Å². The summed E-state index contributed by atoms with van der Waals surface area (Å²) >= 11 is 3.47. The molecule has 0 aliphatic carbocycles. The molecular formula is C17H14BrNO. The van der Waals surface area contributed by atoms with Crippen molar-refractivity contribution in [2.45, 2.75) is 0 Å². The van der Waals surface area contributed by atoms with E-state index in [2.05, 4.69) is 75.2 Å². The third-order valence-corrected chi connectivity index (χ3v) is 3.77. The van der Waals surface area contributed by atoms with Crippen LogP contribution in [-0.4, -0.2) is 11.7 Å². The first-order valence-electron chi connectivity index (χ1n) is 6.35. The molecule has 2 aromatic carbocycles. The molecule has 3 rings (SSSR count). The molecule has 0 fully saturated rings. The van der Waals surface area contributed by atoms with Crippen molar-refractivity contribution in [2.75, 3.05) is 7.11 Å². The number of rotatable bonds is 3. The molecule has 0 spiro atoms. The summed E-state index contributed by atoms with van der Waals surface area (Å²) in [4.78, 5) is 0. The minimum absolute atomic E-state index is 0.867. The van der Waals surface area contributed by atoms with Crippen LogP contribution < -0.4 is 4.74 Å². The Kier molecular flexibility index (Phi) is 3.61. The van der Waals surface area contributed by atoms with Gasteiger partial charge in [-0.1, -0.05) is 28.1 Å². The quantitative estimate of drug-likeness (QED) is 0.666. The van der Waals surface area contributed by atoms with Crippen molar-refractivity contribution in [3.63, 3.8) is 0 Å². The lowest BCUT2D eigenvalue weighted by molar-refractivity contribution is 0.415. The Hall–Kier alpha value is -2.00. The Morgan fingerprint density at radius 1 is 0.900 bits per heavy atom. The molecule has 3 heteroatoms. The summed E-state index contributed by atoms with van der Waals surface area (Å²) in [6, 6.07) is 20.6. The SMILES string of the molecule is COc1ccc(-n2cccc2-c2ccc(Br)cc2)cc1. The van der Waals surface area contributed by atoms with Crippen molar-refractivity contribution in [3.8, 4) is 22.7 Å². The lowest BCUT2D eigenvalue weighted by Crippen LogP contribution is -1.95. The van der Waals surface area contributed by atoms with Gasteiger partial charge in [-0.2, -0.15) is 0 Å². The van der Waals surface area contributed by atoms with Gasteiger partial charge in [0.25, 0.3) is 0 Å². The van der Waals surface area contributed by atoms with E-state index in [0.29, 0.717) is 0 Å². The van der Waals surface area contributed by atoms with Gasteiger partial charge in [0.15, 0.2) is 0 Å². The second-order valence-electron chi connectivity index (χ2n) is 4.47. The van der Waals surface area contributed by atoms with Crippen molar-refractivity contribution < 1.29 is 4.74 Å². The number of aromatic nitrogens is 1. The molecule has 1 heterocycles. The van der Waals surface area contributed by atoms with Crippen LogP contribution in [0.15, 0.2) is 71.3 Å². The molecule has 3 aromatic rings. The first-order valence-corrected chi connectivity index (χ1v) is 7.15. The number of benzene rings is 2. The number of nitrogens with zero attached hydrogens (tertiary/aromatic N) is 1. The van der Waals surface area contributed by atoms with Gasteiger partial charge >= 0.3 is 0 Å². The second-order valence-corrected chi connectivity index (χ2v) is 5.38. The van der Waals surface area contributed by atoms with Gasteiger partial charge in [-0.05, 0) is 54.1 Å². The van der Waals surface area contributed by atoms with Crippen LogP contribution in [0.25, 0.3) is 16.9 Å². The van der Waals surface area contributed by atoms with Crippen molar-refractivity contribution in [2.24, 2.45) is 0 Å². The van der Waals surface area contributed by atoms with Crippen LogP contribution in [0.2, 0.25) is 0 Å². The summed E-state index contributed by atoms with van der Waals surface area (Å²) < 4.78 is 8.46. The highest BCUT2D eigenvalue weighted by molar-refractivity contribution is 9.10. The van der Waals surface area contributed by atoms with Gasteiger partial charge < -0.3 is 9.30 Å². The van der Waals surface area contributed by atoms with E-state index in [1.54, 1.807) is 7.11 Å². The van der Waals surface area contributed by atoms with Crippen LogP contribution >= 0.6 is 15.9 Å². The summed E-state index contributed by atoms with van der Waals surface area (Å²) in [5, 5.41) is 0. The van der Waals surface area contributed by atoms with E-state index >= 15 is 0 Å². The van der Waals surface area contributed by atoms with E-state index in [0.717, 1.165) is 15.9 Å². The van der Waals surface area contributed by atoms with Gasteiger partial charge in [0.05, 0.1) is 12.8 Å². The third-order valence-electron chi connectivity index (χ3n) is 3.24. The van der Waals surface area contributed by atoms with E-state index in [1.807, 2.05) is 12.1 Å². The van der Waals surface area contributed by atoms with E-state index in [9.17, 15) is 0 Å². The minimum Gasteiger partial charge on any atom is -0.497 e. The molecule has 0 aliphatic rings. The maximum Gasteiger partial charge on any atom is 0.119 e. The summed E-state index contributed by atoms with van der Waals surface area (Å²) in [5.41, 5.74) is 3.48. The van der Waals surface area contributed by atoms with Gasteiger partial charge in [-0.15, -0.1) is 0 Å². The average Bonchev–Trinajstić information content (AvgIpc) is 2.97. The monoisotopic (exact) mass is 327 g/mol. The standard InChI is InChI=1S/C17H14BrNO/c1-20-16-10-8-15(9-11-16)19-12-2-3-17(19)13-4-6-14(18)7-5-13/h2-12H,1H3. The first-order chi connectivity index (χ1) is 9.78. The fourth-order valence-corrected chi connectivity index (χ4v) is 2.47. The molecule has 0 unspecified atom stereocenters. The molecular weight excluding hydrogens is 314 g/mol. The maximum atomic E-state index is 5.20. The lowest BCUT2D eigenvalue weighted by atomic mass is 10.1. The van der Waals surface area contributed by atoms with Gasteiger partial charge in [0, 0.05) is 16.4 Å². The van der Waals surface area contributed by atoms with Crippen LogP contribution in [0.5, 0.6) is 5.75 Å². The molecule has 0 bridgehead atoms. The van der Waals surface area contributed by atoms with Crippen LogP contribution in [0.4, 0.5) is 0 Å². The Morgan fingerprint density at radius 3 is 2.25 bits per heavy atom. The molecule has 20 heavy (non-hydrogen) atoms. The molecule has 0 amide bonds. The molecule has 0 atom stereocenters. The molecule has 2 nitrogen and oxygen atoms in total. The van der Waals surface area contributed by atoms with Crippen LogP contribution in [0.3, 0.4) is 0 Å². The van der Waals surface area contributed by atoms with Crippen molar-refractivity contribution >= 4 is 15.9 Å². The smallest absolute Gasteiger partial charge is 0.119 e. The molecule has 0 radical (unpaired) electrons. The fourth-order valence-electron chi connectivity index (χ4n) is 2.20. The second kappa shape index (κ2) is 5.55. The van der Waals surface area contributed by atoms with E-state index in [4.69, 9.17) is 4.74 Å². The Balaban J connectivity index is 2.02.